The zero-order valence-corrected chi connectivity index (χ0v) is 23.8. The summed E-state index contributed by atoms with van der Waals surface area (Å²) in [5, 5.41) is 5.56. The number of nitrogens with one attached hydrogen (secondary N) is 2. The number of carbonyl (C=O) groups excluding carboxylic acids is 2. The van der Waals surface area contributed by atoms with E-state index >= 15 is 0 Å². The Balaban J connectivity index is 0.976. The molecule has 0 atom stereocenters. The highest BCUT2D eigenvalue weighted by Crippen LogP contribution is 2.28. The molecule has 9 heteroatoms. The fourth-order valence-corrected chi connectivity index (χ4v) is 5.78. The van der Waals surface area contributed by atoms with E-state index in [0.717, 1.165) is 67.8 Å². The molecule has 8 nitrogen and oxygen atoms in total. The molecule has 2 aliphatic heterocycles. The highest BCUT2D eigenvalue weighted by atomic mass is 32.2. The first-order valence-electron chi connectivity index (χ1n) is 14.0. The number of nitrogens with zero attached hydrogens (tertiary/aromatic N) is 3. The van der Waals surface area contributed by atoms with E-state index in [4.69, 9.17) is 4.74 Å². The number of aromatic nitrogens is 2. The van der Waals surface area contributed by atoms with Crippen LogP contribution in [0.25, 0.3) is 17.2 Å². The second kappa shape index (κ2) is 13.0. The van der Waals surface area contributed by atoms with Gasteiger partial charge in [-0.2, -0.15) is 0 Å². The number of amides is 2. The van der Waals surface area contributed by atoms with Gasteiger partial charge in [-0.25, -0.2) is 9.97 Å². The fourth-order valence-electron chi connectivity index (χ4n) is 5.11. The second-order valence-corrected chi connectivity index (χ2v) is 11.3. The Morgan fingerprint density at radius 2 is 1.71 bits per heavy atom. The average Bonchev–Trinajstić information content (AvgIpc) is 3.34. The van der Waals surface area contributed by atoms with Crippen LogP contribution < -0.4 is 20.3 Å². The number of hydrogen-bond acceptors (Lipinski definition) is 8. The summed E-state index contributed by atoms with van der Waals surface area (Å²) in [6, 6.07) is 28.4. The van der Waals surface area contributed by atoms with Gasteiger partial charge in [-0.05, 0) is 96.2 Å². The van der Waals surface area contributed by atoms with Crippen LogP contribution in [-0.2, 0) is 11.3 Å². The van der Waals surface area contributed by atoms with Gasteiger partial charge in [0.05, 0.1) is 10.6 Å². The summed E-state index contributed by atoms with van der Waals surface area (Å²) in [5.41, 5.74) is 4.22. The minimum absolute atomic E-state index is 0.353. The maximum Gasteiger partial charge on any atom is 0.290 e. The number of benzene rings is 3. The van der Waals surface area contributed by atoms with Gasteiger partial charge in [-0.15, -0.1) is 0 Å². The zero-order valence-electron chi connectivity index (χ0n) is 23.0. The zero-order chi connectivity index (χ0) is 28.7. The number of piperidine rings is 1. The van der Waals surface area contributed by atoms with Crippen LogP contribution in [0.1, 0.15) is 24.1 Å². The molecule has 0 unspecified atom stereocenters. The van der Waals surface area contributed by atoms with Gasteiger partial charge in [-0.3, -0.25) is 14.9 Å². The van der Waals surface area contributed by atoms with Gasteiger partial charge in [0.1, 0.15) is 11.5 Å². The van der Waals surface area contributed by atoms with E-state index in [2.05, 4.69) is 61.9 Å². The van der Waals surface area contributed by atoms with Gasteiger partial charge in [0.25, 0.3) is 11.1 Å². The number of rotatable bonds is 9. The van der Waals surface area contributed by atoms with Crippen molar-refractivity contribution >= 4 is 34.9 Å². The molecule has 2 saturated heterocycles. The van der Waals surface area contributed by atoms with Gasteiger partial charge in [0.2, 0.25) is 5.95 Å². The van der Waals surface area contributed by atoms with Gasteiger partial charge in [-0.1, -0.05) is 48.5 Å². The molecule has 42 heavy (non-hydrogen) atoms. The number of ether oxygens (including phenoxy) is 1. The molecule has 3 aromatic carbocycles. The molecule has 3 heterocycles. The van der Waals surface area contributed by atoms with Gasteiger partial charge in [0.15, 0.2) is 0 Å². The van der Waals surface area contributed by atoms with E-state index in [1.165, 1.54) is 11.1 Å². The molecule has 0 radical (unpaired) electrons. The van der Waals surface area contributed by atoms with Crippen LogP contribution in [-0.4, -0.2) is 40.7 Å². The van der Waals surface area contributed by atoms with Crippen LogP contribution in [0.3, 0.4) is 0 Å². The quantitative estimate of drug-likeness (QED) is 0.225. The first-order chi connectivity index (χ1) is 20.6. The molecule has 212 valence electrons. The third-order valence-electron chi connectivity index (χ3n) is 7.34. The number of imide groups is 1. The first-order valence-corrected chi connectivity index (χ1v) is 14.9. The normalized spacial score (nSPS) is 16.6. The summed E-state index contributed by atoms with van der Waals surface area (Å²) >= 11 is 0.892. The van der Waals surface area contributed by atoms with E-state index in [1.54, 1.807) is 18.3 Å². The van der Waals surface area contributed by atoms with E-state index in [-0.39, 0.29) is 11.1 Å². The maximum atomic E-state index is 11.8. The maximum absolute atomic E-state index is 11.8. The molecule has 2 aliphatic rings. The van der Waals surface area contributed by atoms with Crippen LogP contribution in [0.5, 0.6) is 11.5 Å². The van der Waals surface area contributed by atoms with E-state index in [1.807, 2.05) is 42.5 Å². The summed E-state index contributed by atoms with van der Waals surface area (Å²) in [7, 11) is 0. The molecule has 2 N–H and O–H groups in total. The lowest BCUT2D eigenvalue weighted by Crippen LogP contribution is -2.38. The smallest absolute Gasteiger partial charge is 0.290 e. The predicted molar refractivity (Wildman–Crippen MR) is 166 cm³/mol. The first kappa shape index (κ1) is 27.7. The minimum Gasteiger partial charge on any atom is -0.457 e. The minimum atomic E-state index is -0.381. The Hall–Kier alpha value is -4.47. The van der Waals surface area contributed by atoms with Crippen LogP contribution in [0.15, 0.2) is 96.0 Å². The lowest BCUT2D eigenvalue weighted by atomic mass is 9.97. The van der Waals surface area contributed by atoms with Crippen LogP contribution >= 0.6 is 11.8 Å². The Bertz CT molecular complexity index is 1590. The predicted octanol–water partition coefficient (Wildman–Crippen LogP) is 6.27. The summed E-state index contributed by atoms with van der Waals surface area (Å²) < 4.78 is 5.93. The number of para-hydroxylation sites is 1. The number of anilines is 1. The third kappa shape index (κ3) is 7.05. The Morgan fingerprint density at radius 1 is 0.929 bits per heavy atom. The van der Waals surface area contributed by atoms with Crippen molar-refractivity contribution in [2.24, 2.45) is 5.92 Å². The molecule has 1 aromatic heterocycles. The monoisotopic (exact) mass is 577 g/mol. The van der Waals surface area contributed by atoms with Crippen molar-refractivity contribution in [1.82, 2.24) is 20.6 Å². The van der Waals surface area contributed by atoms with Crippen molar-refractivity contribution in [2.75, 3.05) is 24.5 Å². The molecule has 2 amide bonds. The summed E-state index contributed by atoms with van der Waals surface area (Å²) in [5.74, 6) is 2.50. The topological polar surface area (TPSA) is 96.5 Å². The van der Waals surface area contributed by atoms with Gasteiger partial charge < -0.3 is 15.0 Å². The molecule has 0 aliphatic carbocycles. The van der Waals surface area contributed by atoms with E-state index in [0.29, 0.717) is 22.5 Å². The fraction of sp³-hybridized carbons (Fsp3) is 0.212. The van der Waals surface area contributed by atoms with Crippen LogP contribution in [0, 0.1) is 5.92 Å². The average molecular weight is 578 g/mol. The Labute approximate surface area is 249 Å². The molecule has 6 rings (SSSR count). The largest absolute Gasteiger partial charge is 0.457 e. The third-order valence-corrected chi connectivity index (χ3v) is 8.15. The number of hydrogen-bond donors (Lipinski definition) is 2. The molecular weight excluding hydrogens is 546 g/mol. The SMILES string of the molecule is O=C1NC(=O)C(=Cc2ccnc(N3CCC(CNCc4cccc(-c5ccc(Oc6ccccc6)cc5)c4)CC3)n2)S1. The van der Waals surface area contributed by atoms with Crippen molar-refractivity contribution < 1.29 is 14.3 Å². The molecule has 0 saturated carbocycles. The Kier molecular flexibility index (Phi) is 8.58. The van der Waals surface area contributed by atoms with Crippen molar-refractivity contribution in [3.05, 3.63) is 107 Å². The summed E-state index contributed by atoms with van der Waals surface area (Å²) in [6.07, 6.45) is 5.43. The lowest BCUT2D eigenvalue weighted by molar-refractivity contribution is -0.115. The molecular formula is C33H31N5O3S. The summed E-state index contributed by atoms with van der Waals surface area (Å²) in [6.45, 7) is 3.52. The van der Waals surface area contributed by atoms with Gasteiger partial charge >= 0.3 is 0 Å². The van der Waals surface area contributed by atoms with Gasteiger partial charge in [0, 0.05) is 25.8 Å². The van der Waals surface area contributed by atoms with E-state index in [9.17, 15) is 9.59 Å². The second-order valence-electron chi connectivity index (χ2n) is 10.3. The van der Waals surface area contributed by atoms with Crippen LogP contribution in [0.4, 0.5) is 10.7 Å². The molecule has 0 spiro atoms. The lowest BCUT2D eigenvalue weighted by Gasteiger charge is -2.32. The molecule has 2 fully saturated rings. The highest BCUT2D eigenvalue weighted by Gasteiger charge is 2.25. The van der Waals surface area contributed by atoms with Crippen molar-refractivity contribution in [3.8, 4) is 22.6 Å². The van der Waals surface area contributed by atoms with E-state index < -0.39 is 0 Å². The van der Waals surface area contributed by atoms with Crippen molar-refractivity contribution in [1.29, 1.82) is 0 Å². The Morgan fingerprint density at radius 3 is 2.48 bits per heavy atom. The standard InChI is InChI=1S/C33H31N5O3S/c39-31-30(42-33(40)37-31)20-27-13-16-35-32(36-27)38-17-14-23(15-18-38)21-34-22-24-5-4-6-26(19-24)25-9-11-29(12-10-25)41-28-7-2-1-3-8-28/h1-13,16,19-20,23,34H,14-15,17-18,21-22H2,(H,37,39,40). The van der Waals surface area contributed by atoms with Crippen molar-refractivity contribution in [3.63, 3.8) is 0 Å². The summed E-state index contributed by atoms with van der Waals surface area (Å²) in [4.78, 5) is 34.9. The number of carbonyl (C=O) groups is 2. The molecule has 4 aromatic rings. The number of thioether (sulfide) groups is 1. The highest BCUT2D eigenvalue weighted by molar-refractivity contribution is 8.18. The molecule has 0 bridgehead atoms. The van der Waals surface area contributed by atoms with Crippen LogP contribution in [0.2, 0.25) is 0 Å². The van der Waals surface area contributed by atoms with Crippen molar-refractivity contribution in [2.45, 2.75) is 19.4 Å².